The second-order valence-corrected chi connectivity index (χ2v) is 4.14. The lowest BCUT2D eigenvalue weighted by molar-refractivity contribution is 0.0689. The fraction of sp³-hybridized carbons (Fsp3) is 0.231. The Labute approximate surface area is 109 Å². The Morgan fingerprint density at radius 2 is 2.21 bits per heavy atom. The normalized spacial score (nSPS) is 10.4. The highest BCUT2D eigenvalue weighted by atomic mass is 16.5. The highest BCUT2D eigenvalue weighted by Crippen LogP contribution is 2.17. The van der Waals surface area contributed by atoms with Gasteiger partial charge in [0.15, 0.2) is 0 Å². The molecular formula is C13H14N2O4. The average molecular weight is 262 g/mol. The Kier molecular flexibility index (Phi) is 3.41. The number of aromatic amines is 1. The maximum absolute atomic E-state index is 11.5. The predicted molar refractivity (Wildman–Crippen MR) is 68.8 cm³/mol. The summed E-state index contributed by atoms with van der Waals surface area (Å²) in [4.78, 5) is 24.9. The van der Waals surface area contributed by atoms with Crippen molar-refractivity contribution in [3.05, 3.63) is 51.7 Å². The van der Waals surface area contributed by atoms with Gasteiger partial charge in [-0.05, 0) is 17.7 Å². The van der Waals surface area contributed by atoms with Crippen molar-refractivity contribution in [2.45, 2.75) is 6.42 Å². The first kappa shape index (κ1) is 12.9. The zero-order valence-electron chi connectivity index (χ0n) is 10.6. The number of methoxy groups -OCH3 is 1. The fourth-order valence-electron chi connectivity index (χ4n) is 1.91. The van der Waals surface area contributed by atoms with Crippen molar-refractivity contribution in [2.24, 2.45) is 7.05 Å². The summed E-state index contributed by atoms with van der Waals surface area (Å²) >= 11 is 0. The van der Waals surface area contributed by atoms with Crippen molar-refractivity contribution >= 4 is 5.97 Å². The van der Waals surface area contributed by atoms with Crippen molar-refractivity contribution in [3.8, 4) is 5.75 Å². The Hall–Kier alpha value is -2.50. The van der Waals surface area contributed by atoms with Crippen LogP contribution in [0.5, 0.6) is 5.75 Å². The van der Waals surface area contributed by atoms with Gasteiger partial charge in [-0.3, -0.25) is 9.55 Å². The molecule has 100 valence electrons. The summed E-state index contributed by atoms with van der Waals surface area (Å²) in [7, 11) is 3.11. The summed E-state index contributed by atoms with van der Waals surface area (Å²) in [6.45, 7) is 0. The zero-order valence-corrected chi connectivity index (χ0v) is 10.6. The van der Waals surface area contributed by atoms with Gasteiger partial charge in [-0.2, -0.15) is 0 Å². The summed E-state index contributed by atoms with van der Waals surface area (Å²) in [5, 5.41) is 9.07. The fourth-order valence-corrected chi connectivity index (χ4v) is 1.91. The molecule has 2 N–H and O–H groups in total. The smallest absolute Gasteiger partial charge is 0.354 e. The van der Waals surface area contributed by atoms with Gasteiger partial charge in [-0.15, -0.1) is 0 Å². The Morgan fingerprint density at radius 1 is 1.47 bits per heavy atom. The van der Waals surface area contributed by atoms with Gasteiger partial charge in [-0.1, -0.05) is 12.1 Å². The molecule has 1 aromatic carbocycles. The molecule has 2 aromatic rings. The topological polar surface area (TPSA) is 84.3 Å². The third kappa shape index (κ3) is 2.52. The van der Waals surface area contributed by atoms with Gasteiger partial charge < -0.3 is 9.84 Å². The summed E-state index contributed by atoms with van der Waals surface area (Å²) in [6, 6.07) is 7.28. The quantitative estimate of drug-likeness (QED) is 0.861. The Balaban J connectivity index is 2.42. The van der Waals surface area contributed by atoms with Gasteiger partial charge in [0.1, 0.15) is 11.4 Å². The molecule has 0 fully saturated rings. The Morgan fingerprint density at radius 3 is 2.84 bits per heavy atom. The van der Waals surface area contributed by atoms with Gasteiger partial charge in [0.05, 0.1) is 12.8 Å². The molecule has 0 amide bonds. The molecule has 0 unspecified atom stereocenters. The molecule has 0 bridgehead atoms. The van der Waals surface area contributed by atoms with Gasteiger partial charge >= 0.3 is 11.7 Å². The molecule has 1 heterocycles. The zero-order chi connectivity index (χ0) is 14.0. The molecule has 0 saturated carbocycles. The van der Waals surface area contributed by atoms with Gasteiger partial charge in [0.2, 0.25) is 0 Å². The van der Waals surface area contributed by atoms with Crippen LogP contribution < -0.4 is 10.4 Å². The van der Waals surface area contributed by atoms with E-state index in [0.29, 0.717) is 17.9 Å². The van der Waals surface area contributed by atoms with E-state index in [0.717, 1.165) is 5.56 Å². The van der Waals surface area contributed by atoms with E-state index in [1.54, 1.807) is 20.2 Å². The number of carboxylic acid groups (broad SMARTS) is 1. The summed E-state index contributed by atoms with van der Waals surface area (Å²) < 4.78 is 6.42. The maximum Gasteiger partial charge on any atom is 0.354 e. The minimum atomic E-state index is -1.14. The van der Waals surface area contributed by atoms with Crippen molar-refractivity contribution in [2.75, 3.05) is 7.11 Å². The van der Waals surface area contributed by atoms with E-state index in [1.807, 2.05) is 18.2 Å². The number of hydrogen-bond acceptors (Lipinski definition) is 3. The number of aromatic nitrogens is 2. The molecule has 0 aliphatic carbocycles. The van der Waals surface area contributed by atoms with E-state index in [2.05, 4.69) is 4.98 Å². The molecular weight excluding hydrogens is 248 g/mol. The van der Waals surface area contributed by atoms with E-state index in [1.165, 1.54) is 4.57 Å². The van der Waals surface area contributed by atoms with Crippen LogP contribution in [-0.4, -0.2) is 27.7 Å². The van der Waals surface area contributed by atoms with Crippen LogP contribution in [0, 0.1) is 0 Å². The highest BCUT2D eigenvalue weighted by Gasteiger charge is 2.17. The highest BCUT2D eigenvalue weighted by molar-refractivity contribution is 5.86. The predicted octanol–water partition coefficient (Wildman–Crippen LogP) is 1.01. The van der Waals surface area contributed by atoms with E-state index in [4.69, 9.17) is 9.84 Å². The first-order valence-corrected chi connectivity index (χ1v) is 5.67. The van der Waals surface area contributed by atoms with E-state index < -0.39 is 11.7 Å². The number of imidazole rings is 1. The SMILES string of the molecule is COc1cccc(Cc2c(C(=O)O)[nH]c(=O)n2C)c1. The maximum atomic E-state index is 11.5. The lowest BCUT2D eigenvalue weighted by atomic mass is 10.1. The molecule has 19 heavy (non-hydrogen) atoms. The van der Waals surface area contributed by atoms with Crippen molar-refractivity contribution in [1.82, 2.24) is 9.55 Å². The molecule has 1 aromatic heterocycles. The van der Waals surface area contributed by atoms with Gasteiger partial charge in [0.25, 0.3) is 0 Å². The number of nitrogens with zero attached hydrogens (tertiary/aromatic N) is 1. The minimum absolute atomic E-state index is 0.0738. The van der Waals surface area contributed by atoms with Crippen LogP contribution in [0.1, 0.15) is 21.7 Å². The summed E-state index contributed by atoms with van der Waals surface area (Å²) in [5.41, 5.74) is 0.799. The number of nitrogens with one attached hydrogen (secondary N) is 1. The lowest BCUT2D eigenvalue weighted by Gasteiger charge is -2.06. The van der Waals surface area contributed by atoms with Gasteiger partial charge in [-0.25, -0.2) is 9.59 Å². The van der Waals surface area contributed by atoms with Crippen LogP contribution in [0.25, 0.3) is 0 Å². The third-order valence-electron chi connectivity index (χ3n) is 2.95. The first-order valence-electron chi connectivity index (χ1n) is 5.67. The minimum Gasteiger partial charge on any atom is -0.497 e. The van der Waals surface area contributed by atoms with E-state index in [9.17, 15) is 9.59 Å². The summed E-state index contributed by atoms with van der Waals surface area (Å²) in [6.07, 6.45) is 0.341. The van der Waals surface area contributed by atoms with Crippen molar-refractivity contribution in [3.63, 3.8) is 0 Å². The van der Waals surface area contributed by atoms with Crippen LogP contribution in [0.4, 0.5) is 0 Å². The molecule has 0 radical (unpaired) electrons. The second kappa shape index (κ2) is 5.01. The van der Waals surface area contributed by atoms with Gasteiger partial charge in [0, 0.05) is 13.5 Å². The molecule has 6 nitrogen and oxygen atoms in total. The molecule has 6 heteroatoms. The average Bonchev–Trinajstić information content (AvgIpc) is 2.67. The largest absolute Gasteiger partial charge is 0.497 e. The number of benzene rings is 1. The second-order valence-electron chi connectivity index (χ2n) is 4.14. The number of hydrogen-bond donors (Lipinski definition) is 2. The molecule has 0 aliphatic heterocycles. The number of aromatic carboxylic acids is 1. The van der Waals surface area contributed by atoms with Crippen LogP contribution >= 0.6 is 0 Å². The number of rotatable bonds is 4. The Bertz CT molecular complexity index is 670. The monoisotopic (exact) mass is 262 g/mol. The molecule has 2 rings (SSSR count). The van der Waals surface area contributed by atoms with E-state index >= 15 is 0 Å². The lowest BCUT2D eigenvalue weighted by Crippen LogP contribution is -2.14. The molecule has 0 aliphatic rings. The van der Waals surface area contributed by atoms with Crippen molar-refractivity contribution < 1.29 is 14.6 Å². The third-order valence-corrected chi connectivity index (χ3v) is 2.95. The number of ether oxygens (including phenoxy) is 1. The standard InChI is InChI=1S/C13H14N2O4/c1-15-10(11(12(16)17)14-13(15)18)7-8-4-3-5-9(6-8)19-2/h3-6H,7H2,1-2H3,(H,14,18)(H,16,17). The molecule has 0 saturated heterocycles. The van der Waals surface area contributed by atoms with Crippen LogP contribution in [0.2, 0.25) is 0 Å². The van der Waals surface area contributed by atoms with Crippen LogP contribution in [0.3, 0.4) is 0 Å². The van der Waals surface area contributed by atoms with Crippen LogP contribution in [0.15, 0.2) is 29.1 Å². The molecule has 0 spiro atoms. The van der Waals surface area contributed by atoms with E-state index in [-0.39, 0.29) is 5.69 Å². The molecule has 0 atom stereocenters. The number of carboxylic acids is 1. The van der Waals surface area contributed by atoms with Crippen molar-refractivity contribution in [1.29, 1.82) is 0 Å². The number of carbonyl (C=O) groups is 1. The summed E-state index contributed by atoms with van der Waals surface area (Å²) in [5.74, 6) is -0.453. The number of H-pyrrole nitrogens is 1. The first-order chi connectivity index (χ1) is 9.02. The van der Waals surface area contributed by atoms with Crippen LogP contribution in [-0.2, 0) is 13.5 Å².